The molecule has 0 aliphatic rings. The number of carbonyl (C=O) groups is 2. The van der Waals surface area contributed by atoms with Crippen LogP contribution in [0.25, 0.3) is 0 Å². The number of hydrogen-bond acceptors (Lipinski definition) is 4. The van der Waals surface area contributed by atoms with E-state index >= 15 is 0 Å². The van der Waals surface area contributed by atoms with Crippen molar-refractivity contribution in [2.45, 2.75) is 32.6 Å². The summed E-state index contributed by atoms with van der Waals surface area (Å²) < 4.78 is 9.91. The van der Waals surface area contributed by atoms with Gasteiger partial charge in [0.25, 0.3) is 0 Å². The highest BCUT2D eigenvalue weighted by atomic mass is 16.7. The van der Waals surface area contributed by atoms with Crippen LogP contribution in [0, 0.1) is 0 Å². The molecule has 0 fully saturated rings. The molecule has 0 aliphatic heterocycles. The van der Waals surface area contributed by atoms with Crippen LogP contribution >= 0.6 is 0 Å². The second-order valence-electron chi connectivity index (χ2n) is 5.56. The van der Waals surface area contributed by atoms with Gasteiger partial charge in [0.2, 0.25) is 6.79 Å². The molecule has 2 aromatic rings. The van der Waals surface area contributed by atoms with Gasteiger partial charge in [-0.15, -0.1) is 0 Å². The molecule has 0 saturated carbocycles. The fraction of sp³-hybridized carbons (Fsp3) is 0.300. The summed E-state index contributed by atoms with van der Waals surface area (Å²) in [5, 5.41) is 0. The summed E-state index contributed by atoms with van der Waals surface area (Å²) in [5.41, 5.74) is 2.97. The molecule has 4 nitrogen and oxygen atoms in total. The number of carbonyl (C=O) groups excluding carboxylic acids is 2. The first-order valence-electron chi connectivity index (χ1n) is 8.10. The molecular formula is C20H22O4. The highest BCUT2D eigenvalue weighted by Gasteiger charge is 2.08. The van der Waals surface area contributed by atoms with Gasteiger partial charge in [-0.2, -0.15) is 0 Å². The number of ether oxygens (including phenoxy) is 2. The van der Waals surface area contributed by atoms with Crippen LogP contribution < -0.4 is 0 Å². The summed E-state index contributed by atoms with van der Waals surface area (Å²) >= 11 is 0. The van der Waals surface area contributed by atoms with Crippen molar-refractivity contribution in [3.05, 3.63) is 71.3 Å². The molecule has 0 atom stereocenters. The highest BCUT2D eigenvalue weighted by molar-refractivity contribution is 5.74. The standard InChI is InChI=1S/C20H22O4/c1-2-7-16-10-6-11-18(12-16)14-20(22)24-15-23-19(21)13-17-8-4-3-5-9-17/h3-6,8-12H,2,7,13-15H2,1H3. The first-order valence-corrected chi connectivity index (χ1v) is 8.10. The van der Waals surface area contributed by atoms with Crippen molar-refractivity contribution in [1.82, 2.24) is 0 Å². The fourth-order valence-electron chi connectivity index (χ4n) is 2.38. The third kappa shape index (κ3) is 6.24. The van der Waals surface area contributed by atoms with Crippen molar-refractivity contribution in [2.75, 3.05) is 6.79 Å². The minimum Gasteiger partial charge on any atom is -0.428 e. The van der Waals surface area contributed by atoms with E-state index in [-0.39, 0.29) is 19.6 Å². The summed E-state index contributed by atoms with van der Waals surface area (Å²) in [7, 11) is 0. The van der Waals surface area contributed by atoms with E-state index in [0.29, 0.717) is 0 Å². The molecule has 0 aliphatic carbocycles. The molecule has 24 heavy (non-hydrogen) atoms. The minimum absolute atomic E-state index is 0.164. The maximum atomic E-state index is 11.8. The second kappa shape index (κ2) is 9.50. The Bertz CT molecular complexity index is 664. The summed E-state index contributed by atoms with van der Waals surface area (Å²) in [6, 6.07) is 17.2. The zero-order valence-corrected chi connectivity index (χ0v) is 13.9. The van der Waals surface area contributed by atoms with Crippen molar-refractivity contribution in [2.24, 2.45) is 0 Å². The lowest BCUT2D eigenvalue weighted by Crippen LogP contribution is -2.15. The van der Waals surface area contributed by atoms with Crippen LogP contribution in [-0.2, 0) is 38.3 Å². The molecule has 2 rings (SSSR count). The van der Waals surface area contributed by atoms with E-state index in [4.69, 9.17) is 9.47 Å². The molecule has 0 spiro atoms. The predicted molar refractivity (Wildman–Crippen MR) is 91.3 cm³/mol. The maximum Gasteiger partial charge on any atom is 0.313 e. The third-order valence-electron chi connectivity index (χ3n) is 3.51. The Kier molecular flexibility index (Phi) is 7.02. The largest absolute Gasteiger partial charge is 0.428 e. The van der Waals surface area contributed by atoms with Gasteiger partial charge in [-0.1, -0.05) is 67.9 Å². The average Bonchev–Trinajstić information content (AvgIpc) is 2.56. The quantitative estimate of drug-likeness (QED) is 0.550. The second-order valence-corrected chi connectivity index (χ2v) is 5.56. The number of benzene rings is 2. The van der Waals surface area contributed by atoms with Gasteiger partial charge < -0.3 is 9.47 Å². The van der Waals surface area contributed by atoms with Crippen LogP contribution in [0.5, 0.6) is 0 Å². The van der Waals surface area contributed by atoms with Crippen molar-refractivity contribution >= 4 is 11.9 Å². The number of rotatable bonds is 8. The normalized spacial score (nSPS) is 10.2. The van der Waals surface area contributed by atoms with Crippen LogP contribution in [0.2, 0.25) is 0 Å². The first-order chi connectivity index (χ1) is 11.7. The lowest BCUT2D eigenvalue weighted by molar-refractivity contribution is -0.166. The van der Waals surface area contributed by atoms with Crippen LogP contribution in [0.3, 0.4) is 0 Å². The molecule has 0 amide bonds. The van der Waals surface area contributed by atoms with Gasteiger partial charge in [0, 0.05) is 0 Å². The Balaban J connectivity index is 1.71. The van der Waals surface area contributed by atoms with E-state index in [2.05, 4.69) is 6.92 Å². The molecule has 0 saturated heterocycles. The van der Waals surface area contributed by atoms with Crippen molar-refractivity contribution in [3.63, 3.8) is 0 Å². The molecular weight excluding hydrogens is 304 g/mol. The van der Waals surface area contributed by atoms with Gasteiger partial charge in [0.05, 0.1) is 12.8 Å². The molecule has 126 valence electrons. The summed E-state index contributed by atoms with van der Waals surface area (Å²) in [6.45, 7) is 1.77. The predicted octanol–water partition coefficient (Wildman–Crippen LogP) is 3.47. The van der Waals surface area contributed by atoms with Crippen LogP contribution in [-0.4, -0.2) is 18.7 Å². The molecule has 0 radical (unpaired) electrons. The highest BCUT2D eigenvalue weighted by Crippen LogP contribution is 2.09. The lowest BCUT2D eigenvalue weighted by Gasteiger charge is -2.07. The smallest absolute Gasteiger partial charge is 0.313 e. The fourth-order valence-corrected chi connectivity index (χ4v) is 2.38. The van der Waals surface area contributed by atoms with E-state index in [1.54, 1.807) is 0 Å². The Labute approximate surface area is 142 Å². The van der Waals surface area contributed by atoms with E-state index in [1.807, 2.05) is 54.6 Å². The molecule has 2 aromatic carbocycles. The lowest BCUT2D eigenvalue weighted by atomic mass is 10.1. The first kappa shape index (κ1) is 17.7. The average molecular weight is 326 g/mol. The number of esters is 2. The zero-order chi connectivity index (χ0) is 17.2. The molecule has 0 unspecified atom stereocenters. The van der Waals surface area contributed by atoms with Gasteiger partial charge in [0.1, 0.15) is 0 Å². The van der Waals surface area contributed by atoms with Gasteiger partial charge in [-0.05, 0) is 23.1 Å². The van der Waals surface area contributed by atoms with Crippen molar-refractivity contribution in [3.8, 4) is 0 Å². The van der Waals surface area contributed by atoms with E-state index in [1.165, 1.54) is 5.56 Å². The monoisotopic (exact) mass is 326 g/mol. The maximum absolute atomic E-state index is 11.8. The van der Waals surface area contributed by atoms with Gasteiger partial charge in [0.15, 0.2) is 0 Å². The summed E-state index contributed by atoms with van der Waals surface area (Å²) in [6.07, 6.45) is 2.39. The molecule has 4 heteroatoms. The topological polar surface area (TPSA) is 52.6 Å². The van der Waals surface area contributed by atoms with Crippen LogP contribution in [0.15, 0.2) is 54.6 Å². The Hall–Kier alpha value is -2.62. The van der Waals surface area contributed by atoms with Crippen LogP contribution in [0.1, 0.15) is 30.0 Å². The Morgan fingerprint density at radius 1 is 0.792 bits per heavy atom. The van der Waals surface area contributed by atoms with Gasteiger partial charge in [-0.25, -0.2) is 0 Å². The van der Waals surface area contributed by atoms with E-state index in [9.17, 15) is 9.59 Å². The molecule has 0 N–H and O–H groups in total. The van der Waals surface area contributed by atoms with Crippen molar-refractivity contribution in [1.29, 1.82) is 0 Å². The number of hydrogen-bond donors (Lipinski definition) is 0. The van der Waals surface area contributed by atoms with Crippen LogP contribution in [0.4, 0.5) is 0 Å². The zero-order valence-electron chi connectivity index (χ0n) is 13.9. The molecule has 0 aromatic heterocycles. The van der Waals surface area contributed by atoms with Gasteiger partial charge >= 0.3 is 11.9 Å². The SMILES string of the molecule is CCCc1cccc(CC(=O)OCOC(=O)Cc2ccccc2)c1. The van der Waals surface area contributed by atoms with Crippen molar-refractivity contribution < 1.29 is 19.1 Å². The van der Waals surface area contributed by atoms with E-state index < -0.39 is 11.9 Å². The summed E-state index contributed by atoms with van der Waals surface area (Å²) in [4.78, 5) is 23.5. The van der Waals surface area contributed by atoms with Gasteiger partial charge in [-0.3, -0.25) is 9.59 Å². The Morgan fingerprint density at radius 2 is 1.38 bits per heavy atom. The number of aryl methyl sites for hydroxylation is 1. The summed E-state index contributed by atoms with van der Waals surface area (Å²) in [5.74, 6) is -0.824. The molecule has 0 heterocycles. The molecule has 0 bridgehead atoms. The minimum atomic E-state index is -0.418. The van der Waals surface area contributed by atoms with E-state index in [0.717, 1.165) is 24.0 Å². The third-order valence-corrected chi connectivity index (χ3v) is 3.51. The Morgan fingerprint density at radius 3 is 2.04 bits per heavy atom.